The lowest BCUT2D eigenvalue weighted by atomic mass is 10.3. The number of hydrogen-bond acceptors (Lipinski definition) is 6. The van der Waals surface area contributed by atoms with Crippen LogP contribution < -0.4 is 10.5 Å². The van der Waals surface area contributed by atoms with E-state index in [2.05, 4.69) is 36.0 Å². The third-order valence-corrected chi connectivity index (χ3v) is 2.88. The summed E-state index contributed by atoms with van der Waals surface area (Å²) in [7, 11) is 0. The highest BCUT2D eigenvalue weighted by atomic mass is 79.9. The summed E-state index contributed by atoms with van der Waals surface area (Å²) in [6.45, 7) is 0. The summed E-state index contributed by atoms with van der Waals surface area (Å²) < 4.78 is 7.98. The molecule has 0 bridgehead atoms. The fourth-order valence-corrected chi connectivity index (χ4v) is 1.77. The second kappa shape index (κ2) is 5.25. The van der Waals surface area contributed by atoms with Gasteiger partial charge in [-0.05, 0) is 30.3 Å². The highest BCUT2D eigenvalue weighted by Crippen LogP contribution is 2.21. The summed E-state index contributed by atoms with van der Waals surface area (Å²) in [6, 6.07) is 9.16. The minimum absolute atomic E-state index is 0.0672. The highest BCUT2D eigenvalue weighted by Gasteiger charge is 2.08. The first kappa shape index (κ1) is 12.5. The number of rotatable bonds is 3. The maximum Gasteiger partial charge on any atom is 0.328 e. The molecule has 2 heterocycles. The maximum absolute atomic E-state index is 5.65. The molecule has 20 heavy (non-hydrogen) atoms. The summed E-state index contributed by atoms with van der Waals surface area (Å²) in [5.41, 5.74) is 5.65. The Bertz CT molecular complexity index is 713. The zero-order valence-corrected chi connectivity index (χ0v) is 11.7. The van der Waals surface area contributed by atoms with Gasteiger partial charge >= 0.3 is 6.01 Å². The lowest BCUT2D eigenvalue weighted by Crippen LogP contribution is -2.07. The topological polar surface area (TPSA) is 91.7 Å². The van der Waals surface area contributed by atoms with E-state index >= 15 is 0 Å². The van der Waals surface area contributed by atoms with Crippen LogP contribution in [0.25, 0.3) is 5.95 Å². The molecule has 3 aromatic rings. The van der Waals surface area contributed by atoms with Crippen molar-refractivity contribution in [1.82, 2.24) is 24.7 Å². The number of nitrogens with two attached hydrogens (primary N) is 1. The Morgan fingerprint density at radius 1 is 1.10 bits per heavy atom. The Balaban J connectivity index is 1.92. The van der Waals surface area contributed by atoms with Crippen LogP contribution in [0.3, 0.4) is 0 Å². The number of nitrogens with zero attached hydrogens (tertiary/aromatic N) is 5. The number of nitrogen functional groups attached to an aromatic ring is 1. The molecule has 100 valence electrons. The van der Waals surface area contributed by atoms with Crippen molar-refractivity contribution < 1.29 is 4.74 Å². The van der Waals surface area contributed by atoms with Gasteiger partial charge in [-0.15, -0.1) is 0 Å². The van der Waals surface area contributed by atoms with Gasteiger partial charge < -0.3 is 10.5 Å². The van der Waals surface area contributed by atoms with Crippen molar-refractivity contribution >= 4 is 21.9 Å². The Labute approximate surface area is 122 Å². The van der Waals surface area contributed by atoms with Crippen LogP contribution in [0.15, 0.2) is 47.2 Å². The van der Waals surface area contributed by atoms with Gasteiger partial charge in [-0.25, -0.2) is 4.68 Å². The second-order valence-corrected chi connectivity index (χ2v) is 4.70. The molecule has 0 saturated heterocycles. The molecular formula is C12H9BrN6O. The number of anilines is 1. The quantitative estimate of drug-likeness (QED) is 0.790. The SMILES string of the molecule is Nc1nc(Oc2ccc(Br)cc2)nc(-n2cccn2)n1. The van der Waals surface area contributed by atoms with Crippen molar-refractivity contribution in [1.29, 1.82) is 0 Å². The van der Waals surface area contributed by atoms with Crippen LogP contribution in [-0.2, 0) is 0 Å². The lowest BCUT2D eigenvalue weighted by Gasteiger charge is -2.06. The molecule has 0 amide bonds. The average Bonchev–Trinajstić information content (AvgIpc) is 2.95. The molecular weight excluding hydrogens is 324 g/mol. The zero-order chi connectivity index (χ0) is 13.9. The number of hydrogen-bond donors (Lipinski definition) is 1. The van der Waals surface area contributed by atoms with E-state index in [1.807, 2.05) is 12.1 Å². The smallest absolute Gasteiger partial charge is 0.328 e. The van der Waals surface area contributed by atoms with Crippen molar-refractivity contribution in [3.05, 3.63) is 47.2 Å². The van der Waals surface area contributed by atoms with Crippen molar-refractivity contribution in [2.24, 2.45) is 0 Å². The fraction of sp³-hybridized carbons (Fsp3) is 0. The van der Waals surface area contributed by atoms with Gasteiger partial charge in [0.1, 0.15) is 5.75 Å². The molecule has 0 unspecified atom stereocenters. The van der Waals surface area contributed by atoms with Gasteiger partial charge in [0.15, 0.2) is 0 Å². The lowest BCUT2D eigenvalue weighted by molar-refractivity contribution is 0.438. The molecule has 2 aromatic heterocycles. The Kier molecular flexibility index (Phi) is 3.30. The molecule has 2 N–H and O–H groups in total. The molecule has 0 atom stereocenters. The van der Waals surface area contributed by atoms with E-state index in [1.165, 1.54) is 4.68 Å². The Morgan fingerprint density at radius 2 is 1.90 bits per heavy atom. The first-order valence-electron chi connectivity index (χ1n) is 5.66. The third kappa shape index (κ3) is 2.75. The molecule has 0 aliphatic heterocycles. The monoisotopic (exact) mass is 332 g/mol. The van der Waals surface area contributed by atoms with Gasteiger partial charge in [-0.1, -0.05) is 15.9 Å². The summed E-state index contributed by atoms with van der Waals surface area (Å²) in [5, 5.41) is 4.03. The predicted molar refractivity (Wildman–Crippen MR) is 75.6 cm³/mol. The van der Waals surface area contributed by atoms with Crippen molar-refractivity contribution in [3.63, 3.8) is 0 Å². The molecule has 0 radical (unpaired) electrons. The molecule has 0 fully saturated rings. The number of ether oxygens (including phenoxy) is 1. The van der Waals surface area contributed by atoms with Crippen molar-refractivity contribution in [3.8, 4) is 17.7 Å². The second-order valence-electron chi connectivity index (χ2n) is 3.78. The summed E-state index contributed by atoms with van der Waals surface area (Å²) in [4.78, 5) is 12.1. The molecule has 0 spiro atoms. The maximum atomic E-state index is 5.65. The first-order valence-corrected chi connectivity index (χ1v) is 6.45. The van der Waals surface area contributed by atoms with Gasteiger partial charge in [-0.2, -0.15) is 20.1 Å². The normalized spacial score (nSPS) is 10.4. The summed E-state index contributed by atoms with van der Waals surface area (Å²) in [5.74, 6) is 0.970. The van der Waals surface area contributed by atoms with Gasteiger partial charge in [0.25, 0.3) is 5.95 Å². The van der Waals surface area contributed by atoms with Gasteiger partial charge in [0, 0.05) is 16.9 Å². The number of halogens is 1. The Morgan fingerprint density at radius 3 is 2.60 bits per heavy atom. The van der Waals surface area contributed by atoms with E-state index in [-0.39, 0.29) is 12.0 Å². The van der Waals surface area contributed by atoms with Gasteiger partial charge in [-0.3, -0.25) is 0 Å². The van der Waals surface area contributed by atoms with Crippen LogP contribution in [0.1, 0.15) is 0 Å². The van der Waals surface area contributed by atoms with Crippen LogP contribution in [0.5, 0.6) is 11.8 Å². The van der Waals surface area contributed by atoms with Gasteiger partial charge in [0.2, 0.25) is 5.95 Å². The fourth-order valence-electron chi connectivity index (χ4n) is 1.50. The molecule has 7 nitrogen and oxygen atoms in total. The van der Waals surface area contributed by atoms with E-state index < -0.39 is 0 Å². The predicted octanol–water partition coefficient (Wildman–Crippen LogP) is 2.19. The van der Waals surface area contributed by atoms with E-state index in [1.54, 1.807) is 30.6 Å². The molecule has 0 saturated carbocycles. The average molecular weight is 333 g/mol. The summed E-state index contributed by atoms with van der Waals surface area (Å²) >= 11 is 3.35. The molecule has 0 aliphatic rings. The minimum Gasteiger partial charge on any atom is -0.424 e. The van der Waals surface area contributed by atoms with Crippen LogP contribution in [0.2, 0.25) is 0 Å². The van der Waals surface area contributed by atoms with E-state index in [9.17, 15) is 0 Å². The van der Waals surface area contributed by atoms with E-state index in [0.29, 0.717) is 11.7 Å². The molecule has 0 aliphatic carbocycles. The van der Waals surface area contributed by atoms with Crippen LogP contribution in [0, 0.1) is 0 Å². The highest BCUT2D eigenvalue weighted by molar-refractivity contribution is 9.10. The number of benzene rings is 1. The van der Waals surface area contributed by atoms with Crippen LogP contribution >= 0.6 is 15.9 Å². The van der Waals surface area contributed by atoms with Gasteiger partial charge in [0.05, 0.1) is 0 Å². The zero-order valence-electron chi connectivity index (χ0n) is 10.1. The first-order chi connectivity index (χ1) is 9.70. The number of aromatic nitrogens is 5. The van der Waals surface area contributed by atoms with Crippen molar-refractivity contribution in [2.75, 3.05) is 5.73 Å². The largest absolute Gasteiger partial charge is 0.424 e. The standard InChI is InChI=1S/C12H9BrN6O/c13-8-2-4-9(5-3-8)20-12-17-10(14)16-11(18-12)19-7-1-6-15-19/h1-7H,(H2,14,16,17,18). The summed E-state index contributed by atoms with van der Waals surface area (Å²) in [6.07, 6.45) is 3.33. The molecule has 3 rings (SSSR count). The van der Waals surface area contributed by atoms with E-state index in [4.69, 9.17) is 10.5 Å². The Hall–Kier alpha value is -2.48. The minimum atomic E-state index is 0.0672. The van der Waals surface area contributed by atoms with Crippen LogP contribution in [-0.4, -0.2) is 24.7 Å². The van der Waals surface area contributed by atoms with Crippen LogP contribution in [0.4, 0.5) is 5.95 Å². The van der Waals surface area contributed by atoms with Crippen molar-refractivity contribution in [2.45, 2.75) is 0 Å². The molecule has 8 heteroatoms. The van der Waals surface area contributed by atoms with E-state index in [0.717, 1.165) is 4.47 Å². The molecule has 1 aromatic carbocycles. The third-order valence-electron chi connectivity index (χ3n) is 2.35.